The van der Waals surface area contributed by atoms with Gasteiger partial charge in [-0.1, -0.05) is 6.92 Å². The summed E-state index contributed by atoms with van der Waals surface area (Å²) in [4.78, 5) is 19.2. The normalized spacial score (nSPS) is 8.57. The number of hydrogen-bond acceptors (Lipinski definition) is 3. The molecule has 0 aliphatic carbocycles. The van der Waals surface area contributed by atoms with Crippen molar-refractivity contribution in [3.05, 3.63) is 0 Å². The molecule has 0 aliphatic rings. The maximum absolute atomic E-state index is 9.60. The summed E-state index contributed by atoms with van der Waals surface area (Å²) >= 11 is 0.940. The third-order valence-electron chi connectivity index (χ3n) is 0.235. The van der Waals surface area contributed by atoms with Crippen molar-refractivity contribution in [3.63, 3.8) is 0 Å². The van der Waals surface area contributed by atoms with E-state index in [1.807, 2.05) is 0 Å². The summed E-state index contributed by atoms with van der Waals surface area (Å²) in [6, 6.07) is 0. The molecule has 0 fully saturated rings. The molecule has 0 rings (SSSR count). The molecule has 5 heteroatoms. The molecule has 0 saturated carbocycles. The molecule has 0 heterocycles. The minimum absolute atomic E-state index is 0. The molecule has 0 bridgehead atoms. The topological polar surface area (TPSA) is 46.1 Å². The van der Waals surface area contributed by atoms with Crippen LogP contribution in [0.4, 0.5) is 0 Å². The Hall–Kier alpha value is 2.27. The van der Waals surface area contributed by atoms with Crippen molar-refractivity contribution in [2.75, 3.05) is 5.75 Å². The molecule has 0 aromatic rings. The minimum Gasteiger partial charge on any atom is -0.834 e. The van der Waals surface area contributed by atoms with E-state index >= 15 is 0 Å². The van der Waals surface area contributed by atoms with Gasteiger partial charge in [0.05, 0.1) is 0 Å². The fraction of sp³-hybridized carbons (Fsp3) is 1.00. The van der Waals surface area contributed by atoms with Crippen LogP contribution in [0, 0.1) is 0 Å². The molecule has 0 saturated heterocycles. The van der Waals surface area contributed by atoms with Crippen molar-refractivity contribution in [2.45, 2.75) is 6.92 Å². The zero-order valence-electron chi connectivity index (χ0n) is 4.09. The van der Waals surface area contributed by atoms with Gasteiger partial charge < -0.3 is 9.79 Å². The summed E-state index contributed by atoms with van der Waals surface area (Å²) in [5.74, 6) is 0.651. The standard InChI is InChI=1S/C2H5O2PS.Ba/c1-2-6-5(3)4;/h2H2,1H3;/q-2;+2. The third-order valence-corrected chi connectivity index (χ3v) is 2.11. The largest absolute Gasteiger partial charge is 2.00 e. The van der Waals surface area contributed by atoms with Crippen molar-refractivity contribution >= 4 is 67.8 Å². The van der Waals surface area contributed by atoms with Crippen LogP contribution in [0.2, 0.25) is 0 Å². The van der Waals surface area contributed by atoms with Gasteiger partial charge in [0, 0.05) is 0 Å². The average molecular weight is 261 g/mol. The summed E-state index contributed by atoms with van der Waals surface area (Å²) < 4.78 is 0. The van der Waals surface area contributed by atoms with E-state index in [9.17, 15) is 9.79 Å². The molecule has 0 unspecified atom stereocenters. The molecule has 0 aromatic heterocycles. The van der Waals surface area contributed by atoms with Crippen molar-refractivity contribution in [2.24, 2.45) is 0 Å². The van der Waals surface area contributed by atoms with Crippen LogP contribution in [-0.4, -0.2) is 54.6 Å². The Balaban J connectivity index is 0. The molecular formula is C2H5BaO2PS. The maximum Gasteiger partial charge on any atom is 2.00 e. The number of rotatable bonds is 2. The van der Waals surface area contributed by atoms with E-state index in [4.69, 9.17) is 0 Å². The van der Waals surface area contributed by atoms with Crippen molar-refractivity contribution in [1.29, 1.82) is 0 Å². The van der Waals surface area contributed by atoms with Crippen LogP contribution in [0.3, 0.4) is 0 Å². The first-order valence-electron chi connectivity index (χ1n) is 1.54. The monoisotopic (exact) mass is 262 g/mol. The fourth-order valence-corrected chi connectivity index (χ4v) is 0.949. The van der Waals surface area contributed by atoms with Crippen LogP contribution in [0.15, 0.2) is 0 Å². The van der Waals surface area contributed by atoms with Crippen LogP contribution in [0.5, 0.6) is 0 Å². The van der Waals surface area contributed by atoms with Crippen LogP contribution in [0.25, 0.3) is 0 Å². The van der Waals surface area contributed by atoms with Crippen LogP contribution >= 0.6 is 19.0 Å². The molecule has 2 nitrogen and oxygen atoms in total. The van der Waals surface area contributed by atoms with Gasteiger partial charge in [0.15, 0.2) is 0 Å². The average Bonchev–Trinajstić information content (AvgIpc) is 1.35. The Labute approximate surface area is 88.8 Å². The predicted octanol–water partition coefficient (Wildman–Crippen LogP) is -0.694. The van der Waals surface area contributed by atoms with Gasteiger partial charge in [-0.3, -0.25) is 0 Å². The van der Waals surface area contributed by atoms with Gasteiger partial charge in [0.1, 0.15) is 0 Å². The Morgan fingerprint density at radius 3 is 2.00 bits per heavy atom. The SMILES string of the molecule is CCSP([O-])[O-].[Ba+2]. The summed E-state index contributed by atoms with van der Waals surface area (Å²) in [6.45, 7) is 1.80. The van der Waals surface area contributed by atoms with Gasteiger partial charge in [0.2, 0.25) is 0 Å². The Bertz CT molecular complexity index is 36.9. The van der Waals surface area contributed by atoms with Crippen LogP contribution in [-0.2, 0) is 0 Å². The van der Waals surface area contributed by atoms with Crippen molar-refractivity contribution in [1.82, 2.24) is 0 Å². The second kappa shape index (κ2) is 8.27. The summed E-state index contributed by atoms with van der Waals surface area (Å²) in [5.41, 5.74) is 0. The van der Waals surface area contributed by atoms with Crippen molar-refractivity contribution < 1.29 is 9.79 Å². The molecule has 0 N–H and O–H groups in total. The van der Waals surface area contributed by atoms with E-state index in [-0.39, 0.29) is 48.9 Å². The Morgan fingerprint density at radius 2 is 2.00 bits per heavy atom. The smallest absolute Gasteiger partial charge is 0.834 e. The molecule has 0 amide bonds. The van der Waals surface area contributed by atoms with E-state index in [1.54, 1.807) is 6.92 Å². The molecule has 0 radical (unpaired) electrons. The predicted molar refractivity (Wildman–Crippen MR) is 30.8 cm³/mol. The van der Waals surface area contributed by atoms with E-state index < -0.39 is 7.58 Å². The van der Waals surface area contributed by atoms with Gasteiger partial charge in [-0.05, 0) is 5.75 Å². The summed E-state index contributed by atoms with van der Waals surface area (Å²) in [5, 5.41) is 0. The fourth-order valence-electron chi connectivity index (χ4n) is 0.105. The molecule has 7 heavy (non-hydrogen) atoms. The molecule has 38 valence electrons. The molecular weight excluding hydrogens is 256 g/mol. The van der Waals surface area contributed by atoms with Gasteiger partial charge >= 0.3 is 48.9 Å². The maximum atomic E-state index is 9.60. The first-order valence-corrected chi connectivity index (χ1v) is 4.31. The zero-order valence-corrected chi connectivity index (χ0v) is 10.2. The summed E-state index contributed by atoms with van der Waals surface area (Å²) in [6.07, 6.45) is 0. The third kappa shape index (κ3) is 11.7. The summed E-state index contributed by atoms with van der Waals surface area (Å²) in [7, 11) is -2.18. The van der Waals surface area contributed by atoms with E-state index in [1.165, 1.54) is 0 Å². The van der Waals surface area contributed by atoms with Crippen molar-refractivity contribution in [3.8, 4) is 0 Å². The second-order valence-corrected chi connectivity index (χ2v) is 3.59. The Kier molecular flexibility index (Phi) is 14.2. The molecule has 0 atom stereocenters. The van der Waals surface area contributed by atoms with E-state index in [0.29, 0.717) is 5.75 Å². The molecule has 0 spiro atoms. The second-order valence-electron chi connectivity index (χ2n) is 0.641. The Morgan fingerprint density at radius 1 is 1.57 bits per heavy atom. The van der Waals surface area contributed by atoms with Gasteiger partial charge in [0.25, 0.3) is 0 Å². The van der Waals surface area contributed by atoms with Gasteiger partial charge in [-0.25, -0.2) is 7.58 Å². The minimum atomic E-state index is -2.18. The first-order chi connectivity index (χ1) is 2.77. The zero-order chi connectivity index (χ0) is 4.99. The van der Waals surface area contributed by atoms with Crippen LogP contribution in [0.1, 0.15) is 6.92 Å². The molecule has 0 aliphatic heterocycles. The van der Waals surface area contributed by atoms with Gasteiger partial charge in [-0.2, -0.15) is 11.4 Å². The van der Waals surface area contributed by atoms with Crippen LogP contribution < -0.4 is 9.79 Å². The first kappa shape index (κ1) is 12.0. The van der Waals surface area contributed by atoms with Gasteiger partial charge in [-0.15, -0.1) is 0 Å². The van der Waals surface area contributed by atoms with E-state index in [0.717, 1.165) is 11.4 Å². The quantitative estimate of drug-likeness (QED) is 0.488. The van der Waals surface area contributed by atoms with E-state index in [2.05, 4.69) is 0 Å². The molecule has 0 aromatic carbocycles. The number of hydrogen-bond donors (Lipinski definition) is 0.